The molecule has 0 aliphatic heterocycles. The second-order valence-corrected chi connectivity index (χ2v) is 1.88. The third-order valence-electron chi connectivity index (χ3n) is 0.960. The minimum Gasteiger partial charge on any atom is -0.405 e. The predicted octanol–water partition coefficient (Wildman–Crippen LogP) is 1.10. The second kappa shape index (κ2) is 5.22. The summed E-state index contributed by atoms with van der Waals surface area (Å²) in [5, 5.41) is 0. The summed E-state index contributed by atoms with van der Waals surface area (Å²) in [7, 11) is 0. The second-order valence-electron chi connectivity index (χ2n) is 1.88. The Balaban J connectivity index is 3.55. The number of rotatable bonds is 3. The van der Waals surface area contributed by atoms with Crippen molar-refractivity contribution >= 4 is 0 Å². The van der Waals surface area contributed by atoms with Crippen LogP contribution >= 0.6 is 0 Å². The van der Waals surface area contributed by atoms with Crippen LogP contribution in [0.5, 0.6) is 0 Å². The molecule has 2 heteroatoms. The monoisotopic (exact) mass is 126 g/mol. The lowest BCUT2D eigenvalue weighted by Gasteiger charge is -1.92. The van der Waals surface area contributed by atoms with E-state index >= 15 is 0 Å². The van der Waals surface area contributed by atoms with Crippen molar-refractivity contribution in [2.75, 3.05) is 0 Å². The number of hydrogen-bond donors (Lipinski definition) is 2. The van der Waals surface area contributed by atoms with Crippen molar-refractivity contribution in [3.05, 3.63) is 24.0 Å². The summed E-state index contributed by atoms with van der Waals surface area (Å²) < 4.78 is 0. The highest BCUT2D eigenvalue weighted by Gasteiger charge is 1.82. The maximum atomic E-state index is 5.52. The minimum absolute atomic E-state index is 0.888. The Morgan fingerprint density at radius 2 is 2.22 bits per heavy atom. The lowest BCUT2D eigenvalue weighted by atomic mass is 10.2. The average Bonchev–Trinajstić information content (AvgIpc) is 1.85. The fourth-order valence-electron chi connectivity index (χ4n) is 0.551. The Morgan fingerprint density at radius 3 is 2.67 bits per heavy atom. The molecule has 0 aromatic rings. The fourth-order valence-corrected chi connectivity index (χ4v) is 0.551. The third kappa shape index (κ3) is 4.94. The zero-order valence-electron chi connectivity index (χ0n) is 5.80. The first-order chi connectivity index (χ1) is 4.31. The van der Waals surface area contributed by atoms with E-state index in [0.717, 1.165) is 18.5 Å². The largest absolute Gasteiger partial charge is 0.405 e. The van der Waals surface area contributed by atoms with E-state index in [1.165, 1.54) is 6.20 Å². The number of nitrogens with two attached hydrogens (primary N) is 2. The zero-order valence-corrected chi connectivity index (χ0v) is 5.80. The van der Waals surface area contributed by atoms with Gasteiger partial charge in [-0.05, 0) is 24.8 Å². The van der Waals surface area contributed by atoms with Crippen LogP contribution in [-0.4, -0.2) is 0 Å². The average molecular weight is 126 g/mol. The van der Waals surface area contributed by atoms with Gasteiger partial charge in [-0.1, -0.05) is 13.3 Å². The van der Waals surface area contributed by atoms with Crippen molar-refractivity contribution in [1.82, 2.24) is 0 Å². The summed E-state index contributed by atoms with van der Waals surface area (Å²) in [6, 6.07) is 0. The summed E-state index contributed by atoms with van der Waals surface area (Å²) in [4.78, 5) is 0. The molecule has 0 aromatic carbocycles. The van der Waals surface area contributed by atoms with Crippen LogP contribution in [0, 0.1) is 0 Å². The van der Waals surface area contributed by atoms with Crippen LogP contribution < -0.4 is 11.5 Å². The van der Waals surface area contributed by atoms with Crippen molar-refractivity contribution in [2.45, 2.75) is 19.8 Å². The van der Waals surface area contributed by atoms with Gasteiger partial charge in [-0.2, -0.15) is 0 Å². The first-order valence-electron chi connectivity index (χ1n) is 3.14. The summed E-state index contributed by atoms with van der Waals surface area (Å²) in [6.45, 7) is 2.09. The smallest absolute Gasteiger partial charge is 0.00808 e. The maximum absolute atomic E-state index is 5.52. The predicted molar refractivity (Wildman–Crippen MR) is 40.5 cm³/mol. The first-order valence-corrected chi connectivity index (χ1v) is 3.14. The molecule has 9 heavy (non-hydrogen) atoms. The van der Waals surface area contributed by atoms with Crippen molar-refractivity contribution in [3.8, 4) is 0 Å². The Hall–Kier alpha value is -0.920. The molecule has 0 radical (unpaired) electrons. The van der Waals surface area contributed by atoms with Gasteiger partial charge in [0, 0.05) is 5.70 Å². The van der Waals surface area contributed by atoms with Crippen molar-refractivity contribution < 1.29 is 0 Å². The molecule has 0 saturated heterocycles. The molecule has 0 rings (SSSR count). The van der Waals surface area contributed by atoms with E-state index in [0.29, 0.717) is 0 Å². The van der Waals surface area contributed by atoms with Gasteiger partial charge in [0.1, 0.15) is 0 Å². The lowest BCUT2D eigenvalue weighted by Crippen LogP contribution is -1.94. The summed E-state index contributed by atoms with van der Waals surface area (Å²) in [5.41, 5.74) is 11.5. The molecule has 2 nitrogen and oxygen atoms in total. The zero-order chi connectivity index (χ0) is 7.11. The molecule has 52 valence electrons. The Morgan fingerprint density at radius 1 is 1.56 bits per heavy atom. The van der Waals surface area contributed by atoms with Crippen molar-refractivity contribution in [3.63, 3.8) is 0 Å². The van der Waals surface area contributed by atoms with E-state index in [1.54, 1.807) is 6.08 Å². The standard InChI is InChI=1S/C7H14N2/c1-2-4-7(9)5-3-6-8/h3,5-6H,2,4,8-9H2,1H3/b6-3-,7-5-. The summed E-state index contributed by atoms with van der Waals surface area (Å²) >= 11 is 0. The number of hydrogen-bond acceptors (Lipinski definition) is 2. The van der Waals surface area contributed by atoms with Crippen LogP contribution in [0.2, 0.25) is 0 Å². The third-order valence-corrected chi connectivity index (χ3v) is 0.960. The Kier molecular flexibility index (Phi) is 4.69. The van der Waals surface area contributed by atoms with Crippen LogP contribution in [0.3, 0.4) is 0 Å². The van der Waals surface area contributed by atoms with Crippen molar-refractivity contribution in [2.24, 2.45) is 11.5 Å². The van der Waals surface area contributed by atoms with Crippen LogP contribution in [0.1, 0.15) is 19.8 Å². The first kappa shape index (κ1) is 8.08. The highest BCUT2D eigenvalue weighted by Crippen LogP contribution is 1.95. The van der Waals surface area contributed by atoms with Crippen LogP contribution in [0.4, 0.5) is 0 Å². The van der Waals surface area contributed by atoms with Gasteiger partial charge in [-0.3, -0.25) is 0 Å². The van der Waals surface area contributed by atoms with E-state index < -0.39 is 0 Å². The molecule has 0 bridgehead atoms. The summed E-state index contributed by atoms with van der Waals surface area (Å²) in [5.74, 6) is 0. The highest BCUT2D eigenvalue weighted by atomic mass is 14.6. The SMILES string of the molecule is CCC/C(N)=C/C=C\N. The fraction of sp³-hybridized carbons (Fsp3) is 0.429. The molecule has 0 heterocycles. The molecule has 0 aromatic heterocycles. The van der Waals surface area contributed by atoms with Gasteiger partial charge in [-0.25, -0.2) is 0 Å². The maximum Gasteiger partial charge on any atom is 0.00808 e. The lowest BCUT2D eigenvalue weighted by molar-refractivity contribution is 0.893. The van der Waals surface area contributed by atoms with Crippen LogP contribution in [0.25, 0.3) is 0 Å². The topological polar surface area (TPSA) is 52.0 Å². The summed E-state index contributed by atoms with van der Waals surface area (Å²) in [6.07, 6.45) is 7.07. The van der Waals surface area contributed by atoms with E-state index in [-0.39, 0.29) is 0 Å². The van der Waals surface area contributed by atoms with E-state index in [9.17, 15) is 0 Å². The highest BCUT2D eigenvalue weighted by molar-refractivity contribution is 5.08. The molecule has 0 saturated carbocycles. The quantitative estimate of drug-likeness (QED) is 0.556. The van der Waals surface area contributed by atoms with Gasteiger partial charge in [0.25, 0.3) is 0 Å². The van der Waals surface area contributed by atoms with Crippen LogP contribution in [-0.2, 0) is 0 Å². The normalized spacial score (nSPS) is 12.8. The van der Waals surface area contributed by atoms with Gasteiger partial charge in [0.2, 0.25) is 0 Å². The molecule has 0 spiro atoms. The van der Waals surface area contributed by atoms with Gasteiger partial charge in [0.15, 0.2) is 0 Å². The molecule has 0 unspecified atom stereocenters. The Labute approximate surface area is 56.2 Å². The molecule has 0 fully saturated rings. The van der Waals surface area contributed by atoms with E-state index in [2.05, 4.69) is 6.92 Å². The minimum atomic E-state index is 0.888. The van der Waals surface area contributed by atoms with Gasteiger partial charge in [0.05, 0.1) is 0 Å². The van der Waals surface area contributed by atoms with Gasteiger partial charge in [-0.15, -0.1) is 0 Å². The van der Waals surface area contributed by atoms with Gasteiger partial charge >= 0.3 is 0 Å². The molecular weight excluding hydrogens is 112 g/mol. The molecule has 0 atom stereocenters. The molecular formula is C7H14N2. The molecule has 0 amide bonds. The molecule has 0 aliphatic rings. The van der Waals surface area contributed by atoms with E-state index in [4.69, 9.17) is 11.5 Å². The van der Waals surface area contributed by atoms with Gasteiger partial charge < -0.3 is 11.5 Å². The van der Waals surface area contributed by atoms with E-state index in [1.807, 2.05) is 6.08 Å². The van der Waals surface area contributed by atoms with Crippen LogP contribution in [0.15, 0.2) is 24.0 Å². The molecule has 4 N–H and O–H groups in total. The number of allylic oxidation sites excluding steroid dienone is 3. The molecule has 0 aliphatic carbocycles. The Bertz CT molecular complexity index is 114. The van der Waals surface area contributed by atoms with Crippen molar-refractivity contribution in [1.29, 1.82) is 0 Å².